The number of ether oxygens (including phenoxy) is 1. The van der Waals surface area contributed by atoms with Crippen molar-refractivity contribution in [3.8, 4) is 5.75 Å². The lowest BCUT2D eigenvalue weighted by atomic mass is 10.0. The first-order chi connectivity index (χ1) is 16.4. The maximum atomic E-state index is 12.7. The minimum atomic E-state index is -0.879. The summed E-state index contributed by atoms with van der Waals surface area (Å²) in [5.41, 5.74) is 0.990. The van der Waals surface area contributed by atoms with Crippen LogP contribution in [-0.4, -0.2) is 53.4 Å². The van der Waals surface area contributed by atoms with E-state index in [2.05, 4.69) is 10.5 Å². The van der Waals surface area contributed by atoms with Crippen molar-refractivity contribution in [1.29, 1.82) is 0 Å². The maximum Gasteiger partial charge on any atom is 0.300 e. The van der Waals surface area contributed by atoms with Gasteiger partial charge in [-0.25, -0.2) is 5.43 Å². The van der Waals surface area contributed by atoms with E-state index in [0.29, 0.717) is 10.9 Å². The van der Waals surface area contributed by atoms with Crippen LogP contribution in [0.3, 0.4) is 0 Å². The summed E-state index contributed by atoms with van der Waals surface area (Å²) in [5.74, 6) is -0.937. The van der Waals surface area contributed by atoms with Crippen molar-refractivity contribution in [2.24, 2.45) is 5.10 Å². The number of amides is 1. The minimum absolute atomic E-state index is 0.0576. The van der Waals surface area contributed by atoms with Crippen LogP contribution in [0, 0.1) is 20.2 Å². The molecule has 0 aliphatic carbocycles. The van der Waals surface area contributed by atoms with Gasteiger partial charge in [-0.15, -0.1) is 0 Å². The number of nitro groups is 2. The fourth-order valence-corrected chi connectivity index (χ4v) is 3.76. The van der Waals surface area contributed by atoms with Gasteiger partial charge in [-0.3, -0.25) is 25.0 Å². The molecule has 4 rings (SSSR count). The van der Waals surface area contributed by atoms with E-state index in [1.165, 1.54) is 17.2 Å². The molecule has 34 heavy (non-hydrogen) atoms. The molecule has 1 aliphatic heterocycles. The summed E-state index contributed by atoms with van der Waals surface area (Å²) in [6.45, 7) is 1.02. The number of carbonyl (C=O) groups is 1. The van der Waals surface area contributed by atoms with E-state index in [1.807, 2.05) is 12.1 Å². The van der Waals surface area contributed by atoms with Crippen molar-refractivity contribution < 1.29 is 24.5 Å². The van der Waals surface area contributed by atoms with Crippen molar-refractivity contribution in [2.75, 3.05) is 31.2 Å². The summed E-state index contributed by atoms with van der Waals surface area (Å²) in [4.78, 5) is 36.1. The van der Waals surface area contributed by atoms with Crippen LogP contribution in [0.4, 0.5) is 17.1 Å². The first-order valence-corrected chi connectivity index (χ1v) is 10.2. The quantitative estimate of drug-likeness (QED) is 0.319. The van der Waals surface area contributed by atoms with Gasteiger partial charge in [0.2, 0.25) is 0 Å². The van der Waals surface area contributed by atoms with E-state index in [0.717, 1.165) is 17.5 Å². The molecule has 3 aromatic rings. The molecule has 3 aromatic carbocycles. The van der Waals surface area contributed by atoms with Crippen LogP contribution < -0.4 is 10.3 Å². The van der Waals surface area contributed by atoms with Crippen LogP contribution in [0.1, 0.15) is 15.9 Å². The number of benzene rings is 3. The third kappa shape index (κ3) is 4.47. The molecule has 0 bridgehead atoms. The Labute approximate surface area is 192 Å². The number of hydrazone groups is 1. The van der Waals surface area contributed by atoms with Gasteiger partial charge in [-0.1, -0.05) is 30.3 Å². The number of aromatic hydroxyl groups is 1. The van der Waals surface area contributed by atoms with E-state index in [4.69, 9.17) is 4.74 Å². The zero-order valence-electron chi connectivity index (χ0n) is 17.7. The largest absolute Gasteiger partial charge is 0.507 e. The van der Waals surface area contributed by atoms with E-state index < -0.39 is 27.1 Å². The van der Waals surface area contributed by atoms with Gasteiger partial charge >= 0.3 is 0 Å². The number of morpholine rings is 1. The lowest BCUT2D eigenvalue weighted by Crippen LogP contribution is -2.37. The molecule has 12 nitrogen and oxygen atoms in total. The van der Waals surface area contributed by atoms with Crippen molar-refractivity contribution >= 4 is 40.0 Å². The number of phenols is 1. The highest BCUT2D eigenvalue weighted by molar-refractivity contribution is 6.03. The van der Waals surface area contributed by atoms with Crippen LogP contribution in [0.2, 0.25) is 0 Å². The van der Waals surface area contributed by atoms with Crippen LogP contribution in [0.15, 0.2) is 53.6 Å². The number of anilines is 1. The Hall–Kier alpha value is -4.58. The number of fused-ring (bicyclic) bond motifs is 1. The van der Waals surface area contributed by atoms with E-state index in [9.17, 15) is 30.1 Å². The summed E-state index contributed by atoms with van der Waals surface area (Å²) >= 11 is 0. The molecule has 1 amide bonds. The summed E-state index contributed by atoms with van der Waals surface area (Å²) in [5, 5.41) is 39.0. The second-order valence-electron chi connectivity index (χ2n) is 7.40. The Morgan fingerprint density at radius 2 is 1.71 bits per heavy atom. The number of hydrogen-bond donors (Lipinski definition) is 2. The van der Waals surface area contributed by atoms with Crippen LogP contribution in [-0.2, 0) is 4.74 Å². The summed E-state index contributed by atoms with van der Waals surface area (Å²) < 4.78 is 5.22. The average molecular weight is 465 g/mol. The van der Waals surface area contributed by atoms with Gasteiger partial charge in [0.05, 0.1) is 34.8 Å². The number of hydrogen-bond acceptors (Lipinski definition) is 9. The number of nitrogens with one attached hydrogen (secondary N) is 1. The molecule has 0 spiro atoms. The second-order valence-corrected chi connectivity index (χ2v) is 7.40. The summed E-state index contributed by atoms with van der Waals surface area (Å²) in [6.07, 6.45) is 1.24. The number of rotatable bonds is 6. The lowest BCUT2D eigenvalue weighted by molar-refractivity contribution is -0.392. The molecular weight excluding hydrogens is 446 g/mol. The fourth-order valence-electron chi connectivity index (χ4n) is 3.76. The number of nitrogens with zero attached hydrogens (tertiary/aromatic N) is 4. The van der Waals surface area contributed by atoms with Gasteiger partial charge in [0, 0.05) is 30.8 Å². The molecule has 1 heterocycles. The smallest absolute Gasteiger partial charge is 0.300 e. The van der Waals surface area contributed by atoms with Gasteiger partial charge in [-0.05, 0) is 16.8 Å². The van der Waals surface area contributed by atoms with E-state index in [1.54, 1.807) is 18.2 Å². The lowest BCUT2D eigenvalue weighted by Gasteiger charge is -2.28. The number of nitro benzene ring substituents is 2. The summed E-state index contributed by atoms with van der Waals surface area (Å²) in [6, 6.07) is 12.4. The molecule has 1 saturated heterocycles. The highest BCUT2D eigenvalue weighted by Gasteiger charge is 2.33. The molecule has 0 unspecified atom stereocenters. The number of phenolic OH excluding ortho intramolecular Hbond substituents is 1. The molecule has 0 atom stereocenters. The Morgan fingerprint density at radius 3 is 2.35 bits per heavy atom. The zero-order valence-corrected chi connectivity index (χ0v) is 17.7. The first kappa shape index (κ1) is 22.6. The Morgan fingerprint density at radius 1 is 1.06 bits per heavy atom. The maximum absolute atomic E-state index is 12.7. The summed E-state index contributed by atoms with van der Waals surface area (Å²) in [7, 11) is 0. The third-order valence-electron chi connectivity index (χ3n) is 5.36. The zero-order chi connectivity index (χ0) is 24.2. The monoisotopic (exact) mass is 465 g/mol. The van der Waals surface area contributed by atoms with Crippen molar-refractivity contribution in [2.45, 2.75) is 0 Å². The molecule has 174 valence electrons. The van der Waals surface area contributed by atoms with Crippen LogP contribution >= 0.6 is 0 Å². The molecule has 1 fully saturated rings. The Bertz CT molecular complexity index is 1280. The molecule has 0 saturated carbocycles. The van der Waals surface area contributed by atoms with Gasteiger partial charge in [0.1, 0.15) is 5.75 Å². The second kappa shape index (κ2) is 9.50. The standard InChI is InChI=1S/C22H19N5O7/c28-20-6-5-14-3-1-2-4-16(14)17(20)13-23-24-22(29)15-11-18(26(30)31)21(19(12-15)27(32)33)25-7-9-34-10-8-25/h1-6,11-13,28H,7-10H2,(H,24,29)/b23-13-. The van der Waals surface area contributed by atoms with E-state index in [-0.39, 0.29) is 43.3 Å². The normalized spacial score (nSPS) is 13.8. The van der Waals surface area contributed by atoms with Gasteiger partial charge in [0.15, 0.2) is 5.69 Å². The molecule has 1 aliphatic rings. The SMILES string of the molecule is O=C(N/N=C\c1c(O)ccc2ccccc12)c1cc([N+](=O)[O-])c(N2CCOCC2)c([N+](=O)[O-])c1. The molecule has 2 N–H and O–H groups in total. The number of carbonyl (C=O) groups excluding carboxylic acids is 1. The van der Waals surface area contributed by atoms with Gasteiger partial charge in [0.25, 0.3) is 17.3 Å². The van der Waals surface area contributed by atoms with Gasteiger partial charge in [-0.2, -0.15) is 5.10 Å². The Kier molecular flexibility index (Phi) is 6.32. The third-order valence-corrected chi connectivity index (χ3v) is 5.36. The van der Waals surface area contributed by atoms with Crippen molar-refractivity contribution in [3.63, 3.8) is 0 Å². The molecule has 0 aromatic heterocycles. The predicted molar refractivity (Wildman–Crippen MR) is 123 cm³/mol. The van der Waals surface area contributed by atoms with Crippen molar-refractivity contribution in [1.82, 2.24) is 5.43 Å². The topological polar surface area (TPSA) is 160 Å². The van der Waals surface area contributed by atoms with Gasteiger partial charge < -0.3 is 14.7 Å². The van der Waals surface area contributed by atoms with Crippen molar-refractivity contribution in [3.05, 3.63) is 79.9 Å². The molecule has 12 heteroatoms. The first-order valence-electron chi connectivity index (χ1n) is 10.2. The van der Waals surface area contributed by atoms with Crippen LogP contribution in [0.5, 0.6) is 5.75 Å². The minimum Gasteiger partial charge on any atom is -0.507 e. The van der Waals surface area contributed by atoms with Crippen LogP contribution in [0.25, 0.3) is 10.8 Å². The Balaban J connectivity index is 1.66. The molecular formula is C22H19N5O7. The fraction of sp³-hybridized carbons (Fsp3) is 0.182. The highest BCUT2D eigenvalue weighted by atomic mass is 16.6. The average Bonchev–Trinajstić information content (AvgIpc) is 2.84. The van der Waals surface area contributed by atoms with E-state index >= 15 is 0 Å². The molecule has 0 radical (unpaired) electrons. The predicted octanol–water partition coefficient (Wildman–Crippen LogP) is 2.96. The highest BCUT2D eigenvalue weighted by Crippen LogP contribution is 2.39.